The average molecular weight is 387 g/mol. The van der Waals surface area contributed by atoms with Crippen LogP contribution in [0.2, 0.25) is 5.02 Å². The number of methoxy groups -OCH3 is 1. The van der Waals surface area contributed by atoms with Gasteiger partial charge in [-0.15, -0.1) is 0 Å². The molecule has 1 aromatic heterocycles. The van der Waals surface area contributed by atoms with Crippen LogP contribution in [-0.2, 0) is 10.9 Å². The zero-order valence-corrected chi connectivity index (χ0v) is 14.3. The molecule has 0 bridgehead atoms. The second-order valence-corrected chi connectivity index (χ2v) is 6.12. The minimum atomic E-state index is -4.42. The van der Waals surface area contributed by atoms with Crippen molar-refractivity contribution in [3.63, 3.8) is 0 Å². The van der Waals surface area contributed by atoms with Crippen LogP contribution < -0.4 is 9.64 Å². The predicted molar refractivity (Wildman–Crippen MR) is 88.7 cm³/mol. The summed E-state index contributed by atoms with van der Waals surface area (Å²) in [6.07, 6.45) is -3.33. The van der Waals surface area contributed by atoms with E-state index in [0.717, 1.165) is 12.1 Å². The fourth-order valence-electron chi connectivity index (χ4n) is 2.57. The lowest BCUT2D eigenvalue weighted by molar-refractivity contribution is -0.137. The van der Waals surface area contributed by atoms with Gasteiger partial charge >= 0.3 is 12.1 Å². The van der Waals surface area contributed by atoms with E-state index in [-0.39, 0.29) is 17.4 Å². The molecule has 0 unspecified atom stereocenters. The summed E-state index contributed by atoms with van der Waals surface area (Å²) in [4.78, 5) is 17.8. The Morgan fingerprint density at radius 2 is 2.04 bits per heavy atom. The molecule has 1 saturated heterocycles. The van der Waals surface area contributed by atoms with Crippen molar-refractivity contribution < 1.29 is 27.4 Å². The summed E-state index contributed by atoms with van der Waals surface area (Å²) < 4.78 is 48.5. The molecule has 2 aromatic rings. The molecule has 1 aliphatic heterocycles. The van der Waals surface area contributed by atoms with E-state index in [9.17, 15) is 18.0 Å². The van der Waals surface area contributed by atoms with Crippen LogP contribution in [0, 0.1) is 0 Å². The standard InChI is InChI=1S/C17H14ClF3N2O3/c1-25-16(24)14-6-11(18)7-22-15(14)23-8-13(9-23)26-12-4-2-3-10(5-12)17(19,20)21/h2-7,13H,8-9H2,1H3. The molecule has 0 saturated carbocycles. The van der Waals surface area contributed by atoms with Gasteiger partial charge in [-0.05, 0) is 24.3 Å². The first kappa shape index (κ1) is 18.3. The van der Waals surface area contributed by atoms with E-state index < -0.39 is 17.7 Å². The van der Waals surface area contributed by atoms with Gasteiger partial charge in [0.1, 0.15) is 23.2 Å². The Kier molecular flexibility index (Phi) is 4.95. The number of carbonyl (C=O) groups is 1. The Hall–Kier alpha value is -2.48. The highest BCUT2D eigenvalue weighted by atomic mass is 35.5. The molecule has 0 radical (unpaired) electrons. The van der Waals surface area contributed by atoms with Gasteiger partial charge in [0.15, 0.2) is 0 Å². The van der Waals surface area contributed by atoms with Crippen LogP contribution in [-0.4, -0.2) is 37.3 Å². The molecule has 0 aliphatic carbocycles. The monoisotopic (exact) mass is 386 g/mol. The third kappa shape index (κ3) is 3.85. The van der Waals surface area contributed by atoms with Gasteiger partial charge in [-0.3, -0.25) is 0 Å². The van der Waals surface area contributed by atoms with Crippen molar-refractivity contribution >= 4 is 23.4 Å². The van der Waals surface area contributed by atoms with Gasteiger partial charge in [-0.1, -0.05) is 17.7 Å². The normalized spacial score (nSPS) is 14.7. The maximum atomic E-state index is 12.7. The number of ether oxygens (including phenoxy) is 2. The van der Waals surface area contributed by atoms with Crippen molar-refractivity contribution in [3.8, 4) is 5.75 Å². The lowest BCUT2D eigenvalue weighted by Crippen LogP contribution is -2.54. The van der Waals surface area contributed by atoms with Gasteiger partial charge in [-0.2, -0.15) is 13.2 Å². The largest absolute Gasteiger partial charge is 0.487 e. The molecular weight excluding hydrogens is 373 g/mol. The molecule has 1 aliphatic rings. The predicted octanol–water partition coefficient (Wildman–Crippen LogP) is 3.81. The summed E-state index contributed by atoms with van der Waals surface area (Å²) in [5.41, 5.74) is -0.545. The molecule has 0 amide bonds. The topological polar surface area (TPSA) is 51.7 Å². The number of halogens is 4. The zero-order chi connectivity index (χ0) is 18.9. The molecule has 9 heteroatoms. The third-order valence-corrected chi connectivity index (χ3v) is 4.06. The number of carbonyl (C=O) groups excluding carboxylic acids is 1. The second kappa shape index (κ2) is 7.03. The summed E-state index contributed by atoms with van der Waals surface area (Å²) in [6, 6.07) is 6.17. The smallest absolute Gasteiger partial charge is 0.416 e. The molecule has 0 atom stereocenters. The molecule has 5 nitrogen and oxygen atoms in total. The molecule has 1 fully saturated rings. The number of pyridine rings is 1. The maximum absolute atomic E-state index is 12.7. The number of nitrogens with zero attached hydrogens (tertiary/aromatic N) is 2. The van der Waals surface area contributed by atoms with Crippen molar-refractivity contribution in [1.29, 1.82) is 0 Å². The molecule has 138 valence electrons. The van der Waals surface area contributed by atoms with Crippen molar-refractivity contribution in [2.45, 2.75) is 12.3 Å². The van der Waals surface area contributed by atoms with Crippen LogP contribution in [0.25, 0.3) is 0 Å². The average Bonchev–Trinajstić information content (AvgIpc) is 2.57. The summed E-state index contributed by atoms with van der Waals surface area (Å²) in [5.74, 6) is -0.0379. The Labute approximate surface area is 152 Å². The molecule has 1 aromatic carbocycles. The molecule has 3 rings (SSSR count). The van der Waals surface area contributed by atoms with E-state index in [1.807, 2.05) is 0 Å². The van der Waals surface area contributed by atoms with Crippen LogP contribution in [0.15, 0.2) is 36.5 Å². The highest BCUT2D eigenvalue weighted by molar-refractivity contribution is 6.30. The Morgan fingerprint density at radius 3 is 2.69 bits per heavy atom. The first-order valence-electron chi connectivity index (χ1n) is 7.60. The van der Waals surface area contributed by atoms with Gasteiger partial charge in [0, 0.05) is 6.20 Å². The first-order chi connectivity index (χ1) is 12.3. The second-order valence-electron chi connectivity index (χ2n) is 5.69. The van der Waals surface area contributed by atoms with Gasteiger partial charge in [-0.25, -0.2) is 9.78 Å². The van der Waals surface area contributed by atoms with E-state index in [4.69, 9.17) is 21.1 Å². The Bertz CT molecular complexity index is 823. The lowest BCUT2D eigenvalue weighted by Gasteiger charge is -2.40. The fourth-order valence-corrected chi connectivity index (χ4v) is 2.73. The van der Waals surface area contributed by atoms with Gasteiger partial charge < -0.3 is 14.4 Å². The summed E-state index contributed by atoms with van der Waals surface area (Å²) in [7, 11) is 1.25. The highest BCUT2D eigenvalue weighted by Crippen LogP contribution is 2.33. The number of esters is 1. The summed E-state index contributed by atoms with van der Waals surface area (Å²) >= 11 is 5.87. The highest BCUT2D eigenvalue weighted by Gasteiger charge is 2.34. The van der Waals surface area contributed by atoms with Crippen molar-refractivity contribution in [1.82, 2.24) is 4.98 Å². The minimum absolute atomic E-state index is 0.140. The van der Waals surface area contributed by atoms with E-state index in [2.05, 4.69) is 4.98 Å². The number of benzene rings is 1. The number of hydrogen-bond acceptors (Lipinski definition) is 5. The Morgan fingerprint density at radius 1 is 1.31 bits per heavy atom. The van der Waals surface area contributed by atoms with Crippen LogP contribution >= 0.6 is 11.6 Å². The number of aromatic nitrogens is 1. The molecular formula is C17H14ClF3N2O3. The van der Waals surface area contributed by atoms with E-state index in [1.165, 1.54) is 31.5 Å². The van der Waals surface area contributed by atoms with Crippen LogP contribution in [0.5, 0.6) is 5.75 Å². The minimum Gasteiger partial charge on any atom is -0.487 e. The molecule has 26 heavy (non-hydrogen) atoms. The van der Waals surface area contributed by atoms with Crippen molar-refractivity contribution in [3.05, 3.63) is 52.7 Å². The van der Waals surface area contributed by atoms with E-state index >= 15 is 0 Å². The fraction of sp³-hybridized carbons (Fsp3) is 0.294. The van der Waals surface area contributed by atoms with E-state index in [1.54, 1.807) is 4.90 Å². The molecule has 0 N–H and O–H groups in total. The molecule has 0 spiro atoms. The lowest BCUT2D eigenvalue weighted by atomic mass is 10.1. The number of rotatable bonds is 4. The van der Waals surface area contributed by atoms with Crippen LogP contribution in [0.1, 0.15) is 15.9 Å². The van der Waals surface area contributed by atoms with Gasteiger partial charge in [0.05, 0.1) is 30.8 Å². The quantitative estimate of drug-likeness (QED) is 0.748. The summed E-state index contributed by atoms with van der Waals surface area (Å²) in [5, 5.41) is 0.298. The number of anilines is 1. The molecule has 2 heterocycles. The van der Waals surface area contributed by atoms with Crippen molar-refractivity contribution in [2.24, 2.45) is 0 Å². The third-order valence-electron chi connectivity index (χ3n) is 3.85. The van der Waals surface area contributed by atoms with Crippen molar-refractivity contribution in [2.75, 3.05) is 25.1 Å². The Balaban J connectivity index is 1.68. The maximum Gasteiger partial charge on any atom is 0.416 e. The van der Waals surface area contributed by atoms with E-state index in [0.29, 0.717) is 23.9 Å². The number of alkyl halides is 3. The first-order valence-corrected chi connectivity index (χ1v) is 7.98. The van der Waals surface area contributed by atoms with Gasteiger partial charge in [0.25, 0.3) is 0 Å². The number of hydrogen-bond donors (Lipinski definition) is 0. The van der Waals surface area contributed by atoms with Crippen LogP contribution in [0.3, 0.4) is 0 Å². The zero-order valence-electron chi connectivity index (χ0n) is 13.6. The van der Waals surface area contributed by atoms with Crippen LogP contribution in [0.4, 0.5) is 19.0 Å². The summed E-state index contributed by atoms with van der Waals surface area (Å²) in [6.45, 7) is 0.740. The van der Waals surface area contributed by atoms with Gasteiger partial charge in [0.2, 0.25) is 0 Å². The SMILES string of the molecule is COC(=O)c1cc(Cl)cnc1N1CC(Oc2cccc(C(F)(F)F)c2)C1.